The highest BCUT2D eigenvalue weighted by molar-refractivity contribution is 7.09. The number of aromatic nitrogens is 1. The van der Waals surface area contributed by atoms with Crippen LogP contribution in [0.4, 0.5) is 0 Å². The van der Waals surface area contributed by atoms with Crippen molar-refractivity contribution in [3.05, 3.63) is 16.1 Å². The third kappa shape index (κ3) is 4.73. The van der Waals surface area contributed by atoms with E-state index in [0.29, 0.717) is 6.54 Å². The molecular weight excluding hydrogens is 206 g/mol. The summed E-state index contributed by atoms with van der Waals surface area (Å²) in [5, 5.41) is 3.14. The van der Waals surface area contributed by atoms with Crippen molar-refractivity contribution in [2.24, 2.45) is 5.73 Å². The lowest BCUT2D eigenvalue weighted by Gasteiger charge is -2.14. The second kappa shape index (κ2) is 6.93. The van der Waals surface area contributed by atoms with Crippen LogP contribution < -0.4 is 5.73 Å². The molecule has 0 radical (unpaired) electrons. The highest BCUT2D eigenvalue weighted by Crippen LogP contribution is 2.10. The van der Waals surface area contributed by atoms with Crippen LogP contribution in [-0.2, 0) is 13.1 Å². The summed E-state index contributed by atoms with van der Waals surface area (Å²) in [5.74, 6) is 0. The first-order valence-electron chi connectivity index (χ1n) is 5.58. The standard InChI is InChI=1S/C11H21N3S/c1-3-4-5-6-14(2)8-10-9-15-11(7-12)13-10/h9H,3-8,12H2,1-2H3. The van der Waals surface area contributed by atoms with Crippen molar-refractivity contribution < 1.29 is 0 Å². The number of nitrogens with two attached hydrogens (primary N) is 1. The van der Waals surface area contributed by atoms with E-state index in [-0.39, 0.29) is 0 Å². The van der Waals surface area contributed by atoms with E-state index in [1.54, 1.807) is 11.3 Å². The maximum Gasteiger partial charge on any atom is 0.106 e. The Hall–Kier alpha value is -0.450. The Kier molecular flexibility index (Phi) is 5.83. The quantitative estimate of drug-likeness (QED) is 0.726. The summed E-state index contributed by atoms with van der Waals surface area (Å²) in [6.07, 6.45) is 3.87. The van der Waals surface area contributed by atoms with Crippen molar-refractivity contribution in [1.82, 2.24) is 9.88 Å². The number of hydrogen-bond acceptors (Lipinski definition) is 4. The highest BCUT2D eigenvalue weighted by Gasteiger charge is 2.03. The fraction of sp³-hybridized carbons (Fsp3) is 0.727. The van der Waals surface area contributed by atoms with Gasteiger partial charge in [-0.05, 0) is 20.0 Å². The van der Waals surface area contributed by atoms with Crippen molar-refractivity contribution in [2.75, 3.05) is 13.6 Å². The lowest BCUT2D eigenvalue weighted by atomic mass is 10.2. The largest absolute Gasteiger partial charge is 0.325 e. The topological polar surface area (TPSA) is 42.1 Å². The lowest BCUT2D eigenvalue weighted by Crippen LogP contribution is -2.19. The molecule has 0 aromatic carbocycles. The maximum atomic E-state index is 5.53. The lowest BCUT2D eigenvalue weighted by molar-refractivity contribution is 0.315. The van der Waals surface area contributed by atoms with Gasteiger partial charge in [0.15, 0.2) is 0 Å². The molecule has 0 aliphatic carbocycles. The van der Waals surface area contributed by atoms with Gasteiger partial charge in [0.1, 0.15) is 5.01 Å². The summed E-state index contributed by atoms with van der Waals surface area (Å²) in [7, 11) is 2.15. The average molecular weight is 227 g/mol. The first-order chi connectivity index (χ1) is 7.26. The van der Waals surface area contributed by atoms with Crippen LogP contribution in [0.5, 0.6) is 0 Å². The molecule has 1 rings (SSSR count). The average Bonchev–Trinajstić information content (AvgIpc) is 2.66. The van der Waals surface area contributed by atoms with Crippen LogP contribution in [-0.4, -0.2) is 23.5 Å². The molecule has 15 heavy (non-hydrogen) atoms. The van der Waals surface area contributed by atoms with E-state index in [4.69, 9.17) is 5.73 Å². The van der Waals surface area contributed by atoms with Gasteiger partial charge in [0.25, 0.3) is 0 Å². The van der Waals surface area contributed by atoms with Crippen LogP contribution in [0.2, 0.25) is 0 Å². The number of nitrogens with zero attached hydrogens (tertiary/aromatic N) is 2. The molecule has 0 aliphatic rings. The number of thiazole rings is 1. The first-order valence-corrected chi connectivity index (χ1v) is 6.46. The Labute approximate surface area is 96.3 Å². The van der Waals surface area contributed by atoms with Crippen LogP contribution >= 0.6 is 11.3 Å². The van der Waals surface area contributed by atoms with Gasteiger partial charge < -0.3 is 10.6 Å². The summed E-state index contributed by atoms with van der Waals surface area (Å²) < 4.78 is 0. The number of hydrogen-bond donors (Lipinski definition) is 1. The molecule has 0 amide bonds. The monoisotopic (exact) mass is 227 g/mol. The summed E-state index contributed by atoms with van der Waals surface area (Å²) >= 11 is 1.66. The Bertz CT molecular complexity index is 273. The van der Waals surface area contributed by atoms with Crippen LogP contribution in [0.25, 0.3) is 0 Å². The van der Waals surface area contributed by atoms with Gasteiger partial charge in [0.05, 0.1) is 5.69 Å². The van der Waals surface area contributed by atoms with Gasteiger partial charge in [-0.3, -0.25) is 0 Å². The zero-order chi connectivity index (χ0) is 11.1. The van der Waals surface area contributed by atoms with E-state index in [2.05, 4.69) is 29.2 Å². The van der Waals surface area contributed by atoms with Crippen LogP contribution in [0.15, 0.2) is 5.38 Å². The van der Waals surface area contributed by atoms with Gasteiger partial charge in [0.2, 0.25) is 0 Å². The normalized spacial score (nSPS) is 11.2. The summed E-state index contributed by atoms with van der Waals surface area (Å²) in [6, 6.07) is 0. The fourth-order valence-corrected chi connectivity index (χ4v) is 2.17. The van der Waals surface area contributed by atoms with Crippen molar-refractivity contribution in [1.29, 1.82) is 0 Å². The van der Waals surface area contributed by atoms with E-state index in [9.17, 15) is 0 Å². The van der Waals surface area contributed by atoms with Gasteiger partial charge in [-0.25, -0.2) is 4.98 Å². The van der Waals surface area contributed by atoms with Gasteiger partial charge >= 0.3 is 0 Å². The first kappa shape index (κ1) is 12.6. The molecule has 1 aromatic rings. The smallest absolute Gasteiger partial charge is 0.106 e. The minimum Gasteiger partial charge on any atom is -0.325 e. The number of unbranched alkanes of at least 4 members (excludes halogenated alkanes) is 2. The molecule has 1 aromatic heterocycles. The molecule has 0 saturated carbocycles. The molecule has 3 nitrogen and oxygen atoms in total. The van der Waals surface area contributed by atoms with E-state index >= 15 is 0 Å². The maximum absolute atomic E-state index is 5.53. The molecule has 0 spiro atoms. The molecule has 0 saturated heterocycles. The molecule has 0 bridgehead atoms. The molecule has 0 atom stereocenters. The fourth-order valence-electron chi connectivity index (χ4n) is 1.50. The zero-order valence-corrected chi connectivity index (χ0v) is 10.5. The predicted octanol–water partition coefficient (Wildman–Crippen LogP) is 2.22. The van der Waals surface area contributed by atoms with E-state index < -0.39 is 0 Å². The van der Waals surface area contributed by atoms with Gasteiger partial charge in [-0.2, -0.15) is 0 Å². The third-order valence-corrected chi connectivity index (χ3v) is 3.27. The SMILES string of the molecule is CCCCCN(C)Cc1csc(CN)n1. The second-order valence-corrected chi connectivity index (χ2v) is 4.82. The molecule has 86 valence electrons. The molecule has 1 heterocycles. The Morgan fingerprint density at radius 1 is 1.47 bits per heavy atom. The Morgan fingerprint density at radius 2 is 2.27 bits per heavy atom. The van der Waals surface area contributed by atoms with Gasteiger partial charge in [-0.1, -0.05) is 19.8 Å². The van der Waals surface area contributed by atoms with E-state index in [0.717, 1.165) is 23.8 Å². The number of rotatable bonds is 7. The predicted molar refractivity (Wildman–Crippen MR) is 65.9 cm³/mol. The Balaban J connectivity index is 2.27. The van der Waals surface area contributed by atoms with Crippen LogP contribution in [0.1, 0.15) is 36.9 Å². The van der Waals surface area contributed by atoms with Crippen molar-refractivity contribution in [2.45, 2.75) is 39.3 Å². The molecule has 4 heteroatoms. The minimum absolute atomic E-state index is 0.560. The Morgan fingerprint density at radius 3 is 2.87 bits per heavy atom. The van der Waals surface area contributed by atoms with Crippen LogP contribution in [0.3, 0.4) is 0 Å². The summed E-state index contributed by atoms with van der Waals surface area (Å²) in [5.41, 5.74) is 6.68. The second-order valence-electron chi connectivity index (χ2n) is 3.88. The van der Waals surface area contributed by atoms with Gasteiger partial charge in [0, 0.05) is 18.5 Å². The third-order valence-electron chi connectivity index (χ3n) is 2.35. The van der Waals surface area contributed by atoms with Crippen LogP contribution in [0, 0.1) is 0 Å². The molecule has 0 unspecified atom stereocenters. The molecule has 0 fully saturated rings. The van der Waals surface area contributed by atoms with E-state index in [1.165, 1.54) is 19.3 Å². The van der Waals surface area contributed by atoms with Crippen molar-refractivity contribution in [3.8, 4) is 0 Å². The molecule has 2 N–H and O–H groups in total. The molecular formula is C11H21N3S. The molecule has 0 aliphatic heterocycles. The highest BCUT2D eigenvalue weighted by atomic mass is 32.1. The van der Waals surface area contributed by atoms with Gasteiger partial charge in [-0.15, -0.1) is 11.3 Å². The summed E-state index contributed by atoms with van der Waals surface area (Å²) in [6.45, 7) is 4.89. The summed E-state index contributed by atoms with van der Waals surface area (Å²) in [4.78, 5) is 6.77. The van der Waals surface area contributed by atoms with Crippen molar-refractivity contribution in [3.63, 3.8) is 0 Å². The minimum atomic E-state index is 0.560. The van der Waals surface area contributed by atoms with E-state index in [1.807, 2.05) is 0 Å². The van der Waals surface area contributed by atoms with Crippen molar-refractivity contribution >= 4 is 11.3 Å². The zero-order valence-electron chi connectivity index (χ0n) is 9.70.